The van der Waals surface area contributed by atoms with Crippen molar-refractivity contribution in [3.8, 4) is 17.1 Å². The molecule has 0 radical (unpaired) electrons. The fourth-order valence-electron chi connectivity index (χ4n) is 3.92. The second-order valence-corrected chi connectivity index (χ2v) is 8.88. The van der Waals surface area contributed by atoms with Crippen molar-refractivity contribution in [2.24, 2.45) is 0 Å². The molecule has 5 rings (SSSR count). The van der Waals surface area contributed by atoms with Crippen LogP contribution >= 0.6 is 0 Å². The minimum Gasteiger partial charge on any atom is -0.497 e. The van der Waals surface area contributed by atoms with Crippen LogP contribution in [-0.4, -0.2) is 24.6 Å². The Balaban J connectivity index is 1.89. The third kappa shape index (κ3) is 3.01. The number of aliphatic hydroxyl groups is 1. The van der Waals surface area contributed by atoms with E-state index in [-0.39, 0.29) is 10.6 Å². The number of benzene rings is 3. The van der Waals surface area contributed by atoms with E-state index < -0.39 is 16.6 Å². The zero-order chi connectivity index (χ0) is 21.6. The molecule has 0 spiro atoms. The predicted octanol–water partition coefficient (Wildman–Crippen LogP) is 4.79. The number of fused-ring (bicyclic) bond motifs is 2. The Bertz CT molecular complexity index is 1480. The predicted molar refractivity (Wildman–Crippen MR) is 119 cm³/mol. The molecule has 3 aromatic carbocycles. The molecule has 0 saturated carbocycles. The van der Waals surface area contributed by atoms with Gasteiger partial charge in [0.1, 0.15) is 17.1 Å². The van der Waals surface area contributed by atoms with Crippen LogP contribution in [-0.2, 0) is 16.6 Å². The SMILES string of the molecule is COc1ccc2c(c1)c(-c1cc3ccccc3o1)c(CO)n2S(=O)(=O)c1ccccc1. The van der Waals surface area contributed by atoms with Gasteiger partial charge in [0.25, 0.3) is 10.0 Å². The summed E-state index contributed by atoms with van der Waals surface area (Å²) >= 11 is 0. The van der Waals surface area contributed by atoms with E-state index in [1.807, 2.05) is 30.3 Å². The maximum Gasteiger partial charge on any atom is 0.268 e. The van der Waals surface area contributed by atoms with E-state index in [4.69, 9.17) is 9.15 Å². The van der Waals surface area contributed by atoms with Gasteiger partial charge in [0.05, 0.1) is 29.8 Å². The number of aromatic nitrogens is 1. The molecule has 0 aliphatic rings. The number of hydrogen-bond acceptors (Lipinski definition) is 5. The lowest BCUT2D eigenvalue weighted by molar-refractivity contribution is 0.276. The van der Waals surface area contributed by atoms with Gasteiger partial charge in [0.15, 0.2) is 0 Å². The van der Waals surface area contributed by atoms with Gasteiger partial charge in [-0.1, -0.05) is 36.4 Å². The third-order valence-corrected chi connectivity index (χ3v) is 7.09. The molecule has 5 aromatic rings. The number of para-hydroxylation sites is 1. The van der Waals surface area contributed by atoms with Crippen LogP contribution in [0.15, 0.2) is 88.2 Å². The van der Waals surface area contributed by atoms with Crippen LogP contribution in [0.1, 0.15) is 5.69 Å². The quantitative estimate of drug-likeness (QED) is 0.431. The summed E-state index contributed by atoms with van der Waals surface area (Å²) in [6, 6.07) is 22.7. The number of hydrogen-bond donors (Lipinski definition) is 1. The number of aliphatic hydroxyl groups excluding tert-OH is 1. The molecule has 2 heterocycles. The largest absolute Gasteiger partial charge is 0.497 e. The second kappa shape index (κ2) is 7.30. The highest BCUT2D eigenvalue weighted by molar-refractivity contribution is 7.90. The molecule has 156 valence electrons. The van der Waals surface area contributed by atoms with Crippen LogP contribution in [0.2, 0.25) is 0 Å². The molecule has 0 unspecified atom stereocenters. The fraction of sp³-hybridized carbons (Fsp3) is 0.0833. The lowest BCUT2D eigenvalue weighted by Crippen LogP contribution is -2.16. The fourth-order valence-corrected chi connectivity index (χ4v) is 5.49. The molecule has 6 nitrogen and oxygen atoms in total. The van der Waals surface area contributed by atoms with Gasteiger partial charge in [0.2, 0.25) is 0 Å². The molecule has 0 atom stereocenters. The van der Waals surface area contributed by atoms with E-state index in [1.54, 1.807) is 43.5 Å². The molecule has 0 fully saturated rings. The highest BCUT2D eigenvalue weighted by Crippen LogP contribution is 2.41. The summed E-state index contributed by atoms with van der Waals surface area (Å²) in [4.78, 5) is 0.133. The van der Waals surface area contributed by atoms with Crippen LogP contribution in [0.4, 0.5) is 0 Å². The average molecular weight is 433 g/mol. The Kier molecular flexibility index (Phi) is 4.57. The highest BCUT2D eigenvalue weighted by Gasteiger charge is 2.29. The minimum atomic E-state index is -3.97. The maximum atomic E-state index is 13.6. The van der Waals surface area contributed by atoms with Crippen molar-refractivity contribution in [3.63, 3.8) is 0 Å². The van der Waals surface area contributed by atoms with E-state index in [0.29, 0.717) is 33.6 Å². The molecule has 0 bridgehead atoms. The molecule has 0 saturated heterocycles. The Labute approximate surface area is 179 Å². The van der Waals surface area contributed by atoms with Crippen LogP contribution in [0.3, 0.4) is 0 Å². The summed E-state index contributed by atoms with van der Waals surface area (Å²) in [7, 11) is -2.42. The molecule has 1 N–H and O–H groups in total. The van der Waals surface area contributed by atoms with E-state index in [9.17, 15) is 13.5 Å². The van der Waals surface area contributed by atoms with Crippen molar-refractivity contribution >= 4 is 31.9 Å². The number of nitrogens with zero attached hydrogens (tertiary/aromatic N) is 1. The van der Waals surface area contributed by atoms with Crippen molar-refractivity contribution < 1.29 is 22.7 Å². The van der Waals surface area contributed by atoms with Gasteiger partial charge in [0, 0.05) is 16.3 Å². The summed E-state index contributed by atoms with van der Waals surface area (Å²) in [5.74, 6) is 1.05. The summed E-state index contributed by atoms with van der Waals surface area (Å²) in [5, 5.41) is 11.8. The number of methoxy groups -OCH3 is 1. The van der Waals surface area contributed by atoms with E-state index in [1.165, 1.54) is 16.1 Å². The first-order valence-electron chi connectivity index (χ1n) is 9.66. The van der Waals surface area contributed by atoms with Crippen LogP contribution in [0, 0.1) is 0 Å². The van der Waals surface area contributed by atoms with E-state index >= 15 is 0 Å². The van der Waals surface area contributed by atoms with E-state index in [2.05, 4.69) is 0 Å². The van der Waals surface area contributed by atoms with Crippen molar-refractivity contribution in [1.29, 1.82) is 0 Å². The van der Waals surface area contributed by atoms with Crippen molar-refractivity contribution in [1.82, 2.24) is 3.97 Å². The first kappa shape index (κ1) is 19.4. The number of ether oxygens (including phenoxy) is 1. The first-order valence-corrected chi connectivity index (χ1v) is 11.1. The maximum absolute atomic E-state index is 13.6. The number of rotatable bonds is 5. The number of furan rings is 1. The molecule has 0 amide bonds. The molecular weight excluding hydrogens is 414 g/mol. The Morgan fingerprint density at radius 1 is 0.968 bits per heavy atom. The van der Waals surface area contributed by atoms with Crippen molar-refractivity contribution in [2.75, 3.05) is 7.11 Å². The highest BCUT2D eigenvalue weighted by atomic mass is 32.2. The van der Waals surface area contributed by atoms with Gasteiger partial charge in [-0.2, -0.15) is 0 Å². The molecule has 2 aromatic heterocycles. The zero-order valence-corrected chi connectivity index (χ0v) is 17.5. The van der Waals surface area contributed by atoms with Gasteiger partial charge in [-0.15, -0.1) is 0 Å². The van der Waals surface area contributed by atoms with Gasteiger partial charge < -0.3 is 14.3 Å². The summed E-state index contributed by atoms with van der Waals surface area (Å²) < 4.78 is 39.8. The standard InChI is InChI=1S/C24H19NO5S/c1-29-17-11-12-20-19(14-17)24(23-13-16-7-5-6-10-22(16)30-23)21(15-26)25(20)31(27,28)18-8-3-2-4-9-18/h2-14,26H,15H2,1H3. The molecular formula is C24H19NO5S. The van der Waals surface area contributed by atoms with Gasteiger partial charge in [-0.05, 0) is 42.5 Å². The topological polar surface area (TPSA) is 81.7 Å². The van der Waals surface area contributed by atoms with Crippen LogP contribution < -0.4 is 4.74 Å². The van der Waals surface area contributed by atoms with Crippen molar-refractivity contribution in [3.05, 3.63) is 84.6 Å². The molecule has 7 heteroatoms. The Morgan fingerprint density at radius 3 is 2.42 bits per heavy atom. The minimum absolute atomic E-state index is 0.133. The monoisotopic (exact) mass is 433 g/mol. The average Bonchev–Trinajstić information content (AvgIpc) is 3.37. The van der Waals surface area contributed by atoms with Crippen LogP contribution in [0.25, 0.3) is 33.2 Å². The van der Waals surface area contributed by atoms with E-state index in [0.717, 1.165) is 5.39 Å². The first-order chi connectivity index (χ1) is 15.0. The normalized spacial score (nSPS) is 11.9. The summed E-state index contributed by atoms with van der Waals surface area (Å²) in [6.07, 6.45) is 0. The zero-order valence-electron chi connectivity index (χ0n) is 16.6. The molecule has 0 aliphatic carbocycles. The van der Waals surface area contributed by atoms with Gasteiger partial charge in [-0.25, -0.2) is 12.4 Å². The van der Waals surface area contributed by atoms with Crippen LogP contribution in [0.5, 0.6) is 5.75 Å². The molecule has 31 heavy (non-hydrogen) atoms. The lowest BCUT2D eigenvalue weighted by Gasteiger charge is -2.11. The Hall–Kier alpha value is -3.55. The van der Waals surface area contributed by atoms with Crippen molar-refractivity contribution in [2.45, 2.75) is 11.5 Å². The summed E-state index contributed by atoms with van der Waals surface area (Å²) in [5.41, 5.74) is 1.86. The third-order valence-electron chi connectivity index (χ3n) is 5.33. The summed E-state index contributed by atoms with van der Waals surface area (Å²) in [6.45, 7) is -0.491. The second-order valence-electron chi connectivity index (χ2n) is 7.09. The van der Waals surface area contributed by atoms with Gasteiger partial charge in [-0.3, -0.25) is 0 Å². The lowest BCUT2D eigenvalue weighted by atomic mass is 10.1. The Morgan fingerprint density at radius 2 is 1.71 bits per heavy atom. The van der Waals surface area contributed by atoms with Gasteiger partial charge >= 0.3 is 0 Å². The molecule has 0 aliphatic heterocycles. The smallest absolute Gasteiger partial charge is 0.268 e.